The average Bonchev–Trinajstić information content (AvgIpc) is 2.80. The summed E-state index contributed by atoms with van der Waals surface area (Å²) in [5, 5.41) is 21.9. The standard InChI is InChI=1S/C22H18N2O10/c1-14(2)21(26)33-10-9-32-20(25)8-5-15-3-6-19(7-4-15)34-22(27)16-11-17(23(28)29)13-18(12-16)24(30)31/h3-8,11-13H,1,9-10H2,2H3/b8-5+. The maximum Gasteiger partial charge on any atom is 0.344 e. The third-order valence-electron chi connectivity index (χ3n) is 3.97. The van der Waals surface area contributed by atoms with Gasteiger partial charge in [-0.25, -0.2) is 14.4 Å². The largest absolute Gasteiger partial charge is 0.459 e. The zero-order chi connectivity index (χ0) is 25.3. The lowest BCUT2D eigenvalue weighted by Crippen LogP contribution is -2.12. The van der Waals surface area contributed by atoms with E-state index in [2.05, 4.69) is 6.58 Å². The highest BCUT2D eigenvalue weighted by Crippen LogP contribution is 2.24. The summed E-state index contributed by atoms with van der Waals surface area (Å²) in [7, 11) is 0. The van der Waals surface area contributed by atoms with Gasteiger partial charge in [-0.15, -0.1) is 0 Å². The first-order chi connectivity index (χ1) is 16.1. The van der Waals surface area contributed by atoms with Crippen LogP contribution in [0.3, 0.4) is 0 Å². The van der Waals surface area contributed by atoms with Crippen LogP contribution < -0.4 is 4.74 Å². The Morgan fingerprint density at radius 1 is 0.941 bits per heavy atom. The molecule has 0 fully saturated rings. The topological polar surface area (TPSA) is 165 Å². The number of hydrogen-bond acceptors (Lipinski definition) is 10. The number of ether oxygens (including phenoxy) is 3. The maximum atomic E-state index is 12.3. The summed E-state index contributed by atoms with van der Waals surface area (Å²) in [6, 6.07) is 8.29. The molecule has 0 bridgehead atoms. The van der Waals surface area contributed by atoms with Crippen LogP contribution in [0.2, 0.25) is 0 Å². The molecule has 0 heterocycles. The van der Waals surface area contributed by atoms with Gasteiger partial charge in [-0.3, -0.25) is 20.2 Å². The molecule has 0 unspecified atom stereocenters. The summed E-state index contributed by atoms with van der Waals surface area (Å²) in [6.07, 6.45) is 2.57. The quantitative estimate of drug-likeness (QED) is 0.125. The van der Waals surface area contributed by atoms with E-state index >= 15 is 0 Å². The number of rotatable bonds is 10. The summed E-state index contributed by atoms with van der Waals surface area (Å²) in [4.78, 5) is 55.4. The van der Waals surface area contributed by atoms with Gasteiger partial charge in [0.2, 0.25) is 0 Å². The van der Waals surface area contributed by atoms with E-state index in [0.717, 1.165) is 24.3 Å². The SMILES string of the molecule is C=C(C)C(=O)OCCOC(=O)/C=C/c1ccc(OC(=O)c2cc([N+](=O)[O-])cc([N+](=O)[O-])c2)cc1. The van der Waals surface area contributed by atoms with Crippen LogP contribution in [0.15, 0.2) is 60.7 Å². The number of hydrogen-bond donors (Lipinski definition) is 0. The Bertz CT molecular complexity index is 1140. The number of carbonyl (C=O) groups is 3. The molecule has 0 amide bonds. The van der Waals surface area contributed by atoms with Crippen LogP contribution in [-0.2, 0) is 19.1 Å². The zero-order valence-corrected chi connectivity index (χ0v) is 17.8. The molecule has 0 radical (unpaired) electrons. The molecule has 0 aliphatic heterocycles. The van der Waals surface area contributed by atoms with Crippen molar-refractivity contribution in [3.63, 3.8) is 0 Å². The van der Waals surface area contributed by atoms with Gasteiger partial charge < -0.3 is 14.2 Å². The van der Waals surface area contributed by atoms with E-state index in [-0.39, 0.29) is 30.1 Å². The first-order valence-electron chi connectivity index (χ1n) is 9.50. The molecular formula is C22H18N2O10. The summed E-state index contributed by atoms with van der Waals surface area (Å²) >= 11 is 0. The van der Waals surface area contributed by atoms with Crippen molar-refractivity contribution >= 4 is 35.4 Å². The monoisotopic (exact) mass is 470 g/mol. The fraction of sp³-hybridized carbons (Fsp3) is 0.136. The summed E-state index contributed by atoms with van der Waals surface area (Å²) < 4.78 is 14.8. The number of nitro groups is 2. The minimum Gasteiger partial charge on any atom is -0.459 e. The van der Waals surface area contributed by atoms with Gasteiger partial charge >= 0.3 is 17.9 Å². The minimum atomic E-state index is -1.02. The molecule has 0 aromatic heterocycles. The van der Waals surface area contributed by atoms with Crippen LogP contribution in [0.1, 0.15) is 22.8 Å². The summed E-state index contributed by atoms with van der Waals surface area (Å²) in [5.41, 5.74) is -0.824. The second-order valence-corrected chi connectivity index (χ2v) is 6.63. The second kappa shape index (κ2) is 11.7. The molecule has 0 saturated carbocycles. The average molecular weight is 470 g/mol. The number of nitrogens with zero attached hydrogens (tertiary/aromatic N) is 2. The number of carbonyl (C=O) groups excluding carboxylic acids is 3. The van der Waals surface area contributed by atoms with Crippen molar-refractivity contribution in [3.05, 3.63) is 92.0 Å². The molecule has 0 N–H and O–H groups in total. The lowest BCUT2D eigenvalue weighted by molar-refractivity contribution is -0.394. The van der Waals surface area contributed by atoms with Gasteiger partial charge in [-0.05, 0) is 30.7 Å². The molecule has 34 heavy (non-hydrogen) atoms. The van der Waals surface area contributed by atoms with Crippen molar-refractivity contribution in [1.82, 2.24) is 0 Å². The predicted molar refractivity (Wildman–Crippen MR) is 117 cm³/mol. The second-order valence-electron chi connectivity index (χ2n) is 6.63. The van der Waals surface area contributed by atoms with Crippen LogP contribution in [0, 0.1) is 20.2 Å². The highest BCUT2D eigenvalue weighted by Gasteiger charge is 2.21. The molecular weight excluding hydrogens is 452 g/mol. The smallest absolute Gasteiger partial charge is 0.344 e. The van der Waals surface area contributed by atoms with Gasteiger partial charge in [0.1, 0.15) is 19.0 Å². The van der Waals surface area contributed by atoms with E-state index in [1.54, 1.807) is 0 Å². The van der Waals surface area contributed by atoms with E-state index in [1.165, 1.54) is 37.3 Å². The van der Waals surface area contributed by atoms with Gasteiger partial charge in [-0.2, -0.15) is 0 Å². The number of nitro benzene ring substituents is 2. The molecule has 12 heteroatoms. The Hall–Kier alpha value is -4.87. The maximum absolute atomic E-state index is 12.3. The number of non-ortho nitro benzene ring substituents is 2. The van der Waals surface area contributed by atoms with Crippen molar-refractivity contribution in [2.24, 2.45) is 0 Å². The molecule has 0 atom stereocenters. The minimum absolute atomic E-state index is 0.0678. The highest BCUT2D eigenvalue weighted by atomic mass is 16.6. The Morgan fingerprint density at radius 3 is 2.03 bits per heavy atom. The lowest BCUT2D eigenvalue weighted by Gasteiger charge is -2.05. The van der Waals surface area contributed by atoms with E-state index < -0.39 is 39.1 Å². The van der Waals surface area contributed by atoms with Gasteiger partial charge in [-0.1, -0.05) is 18.7 Å². The molecule has 12 nitrogen and oxygen atoms in total. The van der Waals surface area contributed by atoms with E-state index in [9.17, 15) is 34.6 Å². The first kappa shape index (κ1) is 25.4. The molecule has 2 aromatic carbocycles. The molecule has 0 saturated heterocycles. The Morgan fingerprint density at radius 2 is 1.50 bits per heavy atom. The van der Waals surface area contributed by atoms with E-state index in [1.807, 2.05) is 0 Å². The molecule has 2 rings (SSSR count). The number of benzene rings is 2. The first-order valence-corrected chi connectivity index (χ1v) is 9.50. The van der Waals surface area contributed by atoms with Crippen LogP contribution in [-0.4, -0.2) is 41.0 Å². The zero-order valence-electron chi connectivity index (χ0n) is 17.8. The van der Waals surface area contributed by atoms with Crippen molar-refractivity contribution < 1.29 is 38.4 Å². The van der Waals surface area contributed by atoms with Crippen LogP contribution >= 0.6 is 0 Å². The fourth-order valence-corrected chi connectivity index (χ4v) is 2.35. The van der Waals surface area contributed by atoms with Crippen LogP contribution in [0.5, 0.6) is 5.75 Å². The van der Waals surface area contributed by atoms with Crippen molar-refractivity contribution in [2.75, 3.05) is 13.2 Å². The normalized spacial score (nSPS) is 10.4. The fourth-order valence-electron chi connectivity index (χ4n) is 2.35. The molecule has 0 aliphatic rings. The predicted octanol–water partition coefficient (Wildman–Crippen LogP) is 3.40. The Kier molecular flexibility index (Phi) is 8.71. The molecule has 2 aromatic rings. The Balaban J connectivity index is 1.95. The van der Waals surface area contributed by atoms with Crippen LogP contribution in [0.4, 0.5) is 11.4 Å². The molecule has 0 spiro atoms. The van der Waals surface area contributed by atoms with E-state index in [4.69, 9.17) is 14.2 Å². The molecule has 176 valence electrons. The summed E-state index contributed by atoms with van der Waals surface area (Å²) in [6.45, 7) is 4.66. The third-order valence-corrected chi connectivity index (χ3v) is 3.97. The van der Waals surface area contributed by atoms with Crippen molar-refractivity contribution in [1.29, 1.82) is 0 Å². The van der Waals surface area contributed by atoms with Crippen molar-refractivity contribution in [2.45, 2.75) is 6.92 Å². The van der Waals surface area contributed by atoms with Crippen molar-refractivity contribution in [3.8, 4) is 5.75 Å². The molecule has 0 aliphatic carbocycles. The van der Waals surface area contributed by atoms with Gasteiger partial charge in [0.25, 0.3) is 11.4 Å². The number of esters is 3. The van der Waals surface area contributed by atoms with Crippen LogP contribution in [0.25, 0.3) is 6.08 Å². The third kappa shape index (κ3) is 7.67. The summed E-state index contributed by atoms with van der Waals surface area (Å²) in [5.74, 6) is -2.21. The highest BCUT2D eigenvalue weighted by molar-refractivity contribution is 5.92. The van der Waals surface area contributed by atoms with Gasteiger partial charge in [0.15, 0.2) is 0 Å². The van der Waals surface area contributed by atoms with E-state index in [0.29, 0.717) is 5.56 Å². The Labute approximate surface area is 192 Å². The van der Waals surface area contributed by atoms with Gasteiger partial charge in [0.05, 0.1) is 21.5 Å². The lowest BCUT2D eigenvalue weighted by atomic mass is 10.1. The van der Waals surface area contributed by atoms with Gasteiger partial charge in [0, 0.05) is 23.8 Å².